The van der Waals surface area contributed by atoms with Crippen LogP contribution in [-0.4, -0.2) is 10.2 Å². The maximum atomic E-state index is 5.59. The van der Waals surface area contributed by atoms with Gasteiger partial charge in [0.25, 0.3) is 0 Å². The quantitative estimate of drug-likeness (QED) is 0.627. The monoisotopic (exact) mass is 250 g/mol. The van der Waals surface area contributed by atoms with Gasteiger partial charge in [0.05, 0.1) is 0 Å². The maximum Gasteiger partial charge on any atom is 0.219 e. The van der Waals surface area contributed by atoms with E-state index in [1.807, 2.05) is 12.1 Å². The number of aryl methyl sites for hydroxylation is 1. The third kappa shape index (κ3) is 3.15. The summed E-state index contributed by atoms with van der Waals surface area (Å²) >= 11 is 1.38. The molecule has 0 fully saturated rings. The molecule has 0 radical (unpaired) electrons. The van der Waals surface area contributed by atoms with Gasteiger partial charge >= 0.3 is 0 Å². The Morgan fingerprint density at radius 3 is 2.65 bits per heavy atom. The number of benzene rings is 1. The van der Waals surface area contributed by atoms with Crippen LogP contribution in [0.15, 0.2) is 24.3 Å². The predicted molar refractivity (Wildman–Crippen MR) is 67.9 cm³/mol. The number of aromatic nitrogens is 2. The molecule has 0 saturated carbocycles. The highest BCUT2D eigenvalue weighted by molar-refractivity contribution is 7.15. The van der Waals surface area contributed by atoms with Crippen molar-refractivity contribution in [3.63, 3.8) is 0 Å². The predicted octanol–water partition coefficient (Wildman–Crippen LogP) is 1.97. The molecule has 90 valence electrons. The first-order valence-corrected chi connectivity index (χ1v) is 6.14. The van der Waals surface area contributed by atoms with E-state index < -0.39 is 0 Å². The van der Waals surface area contributed by atoms with Gasteiger partial charge in [0, 0.05) is 0 Å². The zero-order chi connectivity index (χ0) is 12.1. The van der Waals surface area contributed by atoms with Gasteiger partial charge in [0.1, 0.15) is 12.4 Å². The smallest absolute Gasteiger partial charge is 0.219 e. The minimum Gasteiger partial charge on any atom is -0.486 e. The van der Waals surface area contributed by atoms with Crippen LogP contribution in [0.4, 0.5) is 5.13 Å². The average Bonchev–Trinajstić information content (AvgIpc) is 2.85. The van der Waals surface area contributed by atoms with Crippen molar-refractivity contribution in [2.24, 2.45) is 5.84 Å². The molecule has 5 nitrogen and oxygen atoms in total. The lowest BCUT2D eigenvalue weighted by Gasteiger charge is -2.04. The van der Waals surface area contributed by atoms with Gasteiger partial charge in [0.2, 0.25) is 5.13 Å². The summed E-state index contributed by atoms with van der Waals surface area (Å²) in [7, 11) is 0. The van der Waals surface area contributed by atoms with Crippen LogP contribution in [0, 0.1) is 0 Å². The molecular formula is C11H14N4OS. The first kappa shape index (κ1) is 11.8. The molecule has 17 heavy (non-hydrogen) atoms. The van der Waals surface area contributed by atoms with E-state index in [4.69, 9.17) is 10.6 Å². The largest absolute Gasteiger partial charge is 0.486 e. The fourth-order valence-corrected chi connectivity index (χ4v) is 1.90. The van der Waals surface area contributed by atoms with Crippen molar-refractivity contribution in [3.05, 3.63) is 34.8 Å². The molecule has 0 bridgehead atoms. The molecule has 1 aromatic carbocycles. The minimum absolute atomic E-state index is 0.408. The topological polar surface area (TPSA) is 73.1 Å². The van der Waals surface area contributed by atoms with Crippen LogP contribution in [0.2, 0.25) is 0 Å². The van der Waals surface area contributed by atoms with Gasteiger partial charge in [-0.05, 0) is 24.1 Å². The Hall–Kier alpha value is -1.66. The van der Waals surface area contributed by atoms with E-state index in [2.05, 4.69) is 34.7 Å². The van der Waals surface area contributed by atoms with Crippen molar-refractivity contribution in [3.8, 4) is 5.75 Å². The van der Waals surface area contributed by atoms with E-state index in [0.29, 0.717) is 11.7 Å². The highest BCUT2D eigenvalue weighted by Crippen LogP contribution is 2.17. The van der Waals surface area contributed by atoms with Gasteiger partial charge in [-0.25, -0.2) is 5.84 Å². The zero-order valence-corrected chi connectivity index (χ0v) is 10.3. The molecule has 0 atom stereocenters. The van der Waals surface area contributed by atoms with Crippen LogP contribution in [0.1, 0.15) is 17.5 Å². The minimum atomic E-state index is 0.408. The number of nitrogens with zero attached hydrogens (tertiary/aromatic N) is 2. The summed E-state index contributed by atoms with van der Waals surface area (Å²) in [5.74, 6) is 6.05. The summed E-state index contributed by atoms with van der Waals surface area (Å²) in [5.41, 5.74) is 3.74. The SMILES string of the molecule is CCc1ccc(OCc2nnc(NN)s2)cc1. The van der Waals surface area contributed by atoms with Crippen LogP contribution >= 0.6 is 11.3 Å². The number of hydrazine groups is 1. The second-order valence-electron chi connectivity index (χ2n) is 3.43. The molecule has 0 saturated heterocycles. The van der Waals surface area contributed by atoms with Gasteiger partial charge in [0.15, 0.2) is 5.01 Å². The Morgan fingerprint density at radius 2 is 2.06 bits per heavy atom. The number of nitrogen functional groups attached to an aromatic ring is 1. The molecule has 1 heterocycles. The average molecular weight is 250 g/mol. The zero-order valence-electron chi connectivity index (χ0n) is 9.51. The number of nitrogens with one attached hydrogen (secondary N) is 1. The van der Waals surface area contributed by atoms with E-state index in [1.165, 1.54) is 16.9 Å². The number of hydrogen-bond donors (Lipinski definition) is 2. The maximum absolute atomic E-state index is 5.59. The first-order valence-electron chi connectivity index (χ1n) is 5.32. The van der Waals surface area contributed by atoms with E-state index in [-0.39, 0.29) is 0 Å². The lowest BCUT2D eigenvalue weighted by molar-refractivity contribution is 0.304. The van der Waals surface area contributed by atoms with Crippen molar-refractivity contribution in [2.75, 3.05) is 5.43 Å². The van der Waals surface area contributed by atoms with Crippen LogP contribution in [-0.2, 0) is 13.0 Å². The number of ether oxygens (including phenoxy) is 1. The molecule has 0 aliphatic heterocycles. The Balaban J connectivity index is 1.92. The number of anilines is 1. The molecule has 0 aliphatic rings. The molecule has 2 rings (SSSR count). The molecule has 6 heteroatoms. The molecule has 0 aliphatic carbocycles. The van der Waals surface area contributed by atoms with E-state index in [1.54, 1.807) is 0 Å². The van der Waals surface area contributed by atoms with Crippen LogP contribution in [0.5, 0.6) is 5.75 Å². The summed E-state index contributed by atoms with van der Waals surface area (Å²) in [5, 5.41) is 9.14. The highest BCUT2D eigenvalue weighted by atomic mass is 32.1. The third-order valence-electron chi connectivity index (χ3n) is 2.28. The Kier molecular flexibility index (Phi) is 3.89. The van der Waals surface area contributed by atoms with Crippen molar-refractivity contribution >= 4 is 16.5 Å². The van der Waals surface area contributed by atoms with Crippen molar-refractivity contribution in [1.29, 1.82) is 0 Å². The van der Waals surface area contributed by atoms with Gasteiger partial charge in [-0.15, -0.1) is 10.2 Å². The number of hydrogen-bond acceptors (Lipinski definition) is 6. The lowest BCUT2D eigenvalue weighted by atomic mass is 10.2. The second-order valence-corrected chi connectivity index (χ2v) is 4.49. The molecule has 0 amide bonds. The molecule has 3 N–H and O–H groups in total. The molecular weight excluding hydrogens is 236 g/mol. The van der Waals surface area contributed by atoms with Crippen LogP contribution in [0.25, 0.3) is 0 Å². The van der Waals surface area contributed by atoms with Gasteiger partial charge < -0.3 is 4.74 Å². The summed E-state index contributed by atoms with van der Waals surface area (Å²) in [6.07, 6.45) is 1.03. The number of nitrogens with two attached hydrogens (primary N) is 1. The second kappa shape index (κ2) is 5.60. The molecule has 2 aromatic rings. The Labute approximate surface area is 104 Å². The lowest BCUT2D eigenvalue weighted by Crippen LogP contribution is -2.05. The van der Waals surface area contributed by atoms with Crippen LogP contribution < -0.4 is 16.0 Å². The molecule has 0 unspecified atom stereocenters. The molecule has 1 aromatic heterocycles. The standard InChI is InChI=1S/C11H14N4OS/c1-2-8-3-5-9(6-4-8)16-7-10-14-15-11(13-12)17-10/h3-6H,2,7,12H2,1H3,(H,13,15). The highest BCUT2D eigenvalue weighted by Gasteiger charge is 2.03. The summed E-state index contributed by atoms with van der Waals surface area (Å²) in [6, 6.07) is 8.04. The normalized spacial score (nSPS) is 10.2. The number of rotatable bonds is 5. The van der Waals surface area contributed by atoms with E-state index in [9.17, 15) is 0 Å². The van der Waals surface area contributed by atoms with E-state index in [0.717, 1.165) is 17.2 Å². The van der Waals surface area contributed by atoms with Gasteiger partial charge in [-0.3, -0.25) is 5.43 Å². The fraction of sp³-hybridized carbons (Fsp3) is 0.273. The van der Waals surface area contributed by atoms with Crippen LogP contribution in [0.3, 0.4) is 0 Å². The third-order valence-corrected chi connectivity index (χ3v) is 3.11. The summed E-state index contributed by atoms with van der Waals surface area (Å²) in [4.78, 5) is 0. The van der Waals surface area contributed by atoms with Gasteiger partial charge in [-0.2, -0.15) is 0 Å². The first-order chi connectivity index (χ1) is 8.31. The van der Waals surface area contributed by atoms with Crippen molar-refractivity contribution in [1.82, 2.24) is 10.2 Å². The Morgan fingerprint density at radius 1 is 1.29 bits per heavy atom. The molecule has 0 spiro atoms. The van der Waals surface area contributed by atoms with Crippen molar-refractivity contribution in [2.45, 2.75) is 20.0 Å². The van der Waals surface area contributed by atoms with Crippen molar-refractivity contribution < 1.29 is 4.74 Å². The fourth-order valence-electron chi connectivity index (χ4n) is 1.34. The van der Waals surface area contributed by atoms with E-state index >= 15 is 0 Å². The Bertz CT molecular complexity index is 469. The summed E-state index contributed by atoms with van der Waals surface area (Å²) < 4.78 is 5.59. The van der Waals surface area contributed by atoms with Gasteiger partial charge in [-0.1, -0.05) is 30.4 Å². The summed E-state index contributed by atoms with van der Waals surface area (Å²) in [6.45, 7) is 2.53.